The Morgan fingerprint density at radius 3 is 2.64 bits per heavy atom. The van der Waals surface area contributed by atoms with E-state index in [1.165, 1.54) is 31.3 Å². The molecule has 4 aliphatic rings. The van der Waals surface area contributed by atoms with E-state index in [1.807, 2.05) is 6.92 Å². The fourth-order valence-corrected chi connectivity index (χ4v) is 8.65. The van der Waals surface area contributed by atoms with Crippen molar-refractivity contribution in [3.63, 3.8) is 0 Å². The second kappa shape index (κ2) is 9.98. The lowest BCUT2D eigenvalue weighted by Gasteiger charge is -2.44. The summed E-state index contributed by atoms with van der Waals surface area (Å²) in [4.78, 5) is 4.69. The van der Waals surface area contributed by atoms with Gasteiger partial charge in [-0.15, -0.1) is 11.3 Å². The normalized spacial score (nSPS) is 38.0. The first-order valence-corrected chi connectivity index (χ1v) is 14.8. The molecule has 0 aromatic carbocycles. The van der Waals surface area contributed by atoms with Crippen molar-refractivity contribution < 1.29 is 15.3 Å². The molecule has 196 valence electrons. The fourth-order valence-electron chi connectivity index (χ4n) is 7.56. The van der Waals surface area contributed by atoms with Crippen molar-refractivity contribution in [2.24, 2.45) is 23.2 Å². The van der Waals surface area contributed by atoms with Crippen molar-refractivity contribution in [1.29, 1.82) is 0 Å². The maximum atomic E-state index is 11.1. The summed E-state index contributed by atoms with van der Waals surface area (Å²) in [6.45, 7) is 10.9. The number of fused-ring (bicyclic) bond motifs is 1. The van der Waals surface area contributed by atoms with Gasteiger partial charge in [0.1, 0.15) is 5.01 Å². The smallest absolute Gasteiger partial charge is 0.102 e. The SMILES string of the molecule is C=C1C(=CC=C2CCC[C@]3(C)[C@@H]([C@@H](C)C=C[C@@H](O)C4(c5nc(C)cs5)CC4)CC[C@@H]23)C[C@@H](O)C[C@@H]1O. The van der Waals surface area contributed by atoms with Crippen LogP contribution in [-0.4, -0.2) is 38.6 Å². The Kier molecular flexibility index (Phi) is 7.23. The first-order valence-electron chi connectivity index (χ1n) is 13.9. The summed E-state index contributed by atoms with van der Waals surface area (Å²) in [5, 5.41) is 34.6. The van der Waals surface area contributed by atoms with Crippen LogP contribution in [0.1, 0.15) is 82.3 Å². The van der Waals surface area contributed by atoms with Crippen LogP contribution in [0, 0.1) is 30.1 Å². The van der Waals surface area contributed by atoms with Gasteiger partial charge in [-0.1, -0.05) is 50.3 Å². The lowest BCUT2D eigenvalue weighted by Crippen LogP contribution is -2.35. The Labute approximate surface area is 220 Å². The number of aryl methyl sites for hydroxylation is 1. The molecule has 4 saturated carbocycles. The van der Waals surface area contributed by atoms with Crippen molar-refractivity contribution >= 4 is 11.3 Å². The Morgan fingerprint density at radius 2 is 1.94 bits per heavy atom. The predicted octanol–water partition coefficient (Wildman–Crippen LogP) is 6.18. The Bertz CT molecular complexity index is 1080. The number of aliphatic hydroxyl groups is 3. The molecular weight excluding hydrogens is 466 g/mol. The van der Waals surface area contributed by atoms with Crippen LogP contribution in [0.4, 0.5) is 0 Å². The molecule has 0 amide bonds. The molecule has 36 heavy (non-hydrogen) atoms. The molecule has 4 aliphatic carbocycles. The standard InChI is InChI=1S/C31H43NO3S/c1-19(7-12-28(35)31(14-15-31)29-32-20(2)18-36-29)25-10-11-26-22(6-5-13-30(25,26)4)8-9-23-16-24(33)17-27(34)21(23)3/h7-9,12,18-19,24-28,33-35H,3,5-6,10-11,13-17H2,1-2,4H3/t19-,24+,25+,26-,27-,28+,30+/m0/s1. The third kappa shape index (κ3) is 4.73. The lowest BCUT2D eigenvalue weighted by atomic mass is 9.61. The van der Waals surface area contributed by atoms with Gasteiger partial charge in [0.2, 0.25) is 0 Å². The number of hydrogen-bond acceptors (Lipinski definition) is 5. The molecule has 0 bridgehead atoms. The maximum absolute atomic E-state index is 11.1. The zero-order valence-electron chi connectivity index (χ0n) is 22.1. The van der Waals surface area contributed by atoms with Gasteiger partial charge in [-0.2, -0.15) is 0 Å². The number of nitrogens with zero attached hydrogens (tertiary/aromatic N) is 1. The number of thiazole rings is 1. The second-order valence-corrected chi connectivity index (χ2v) is 13.2. The van der Waals surface area contributed by atoms with Gasteiger partial charge in [-0.3, -0.25) is 0 Å². The summed E-state index contributed by atoms with van der Waals surface area (Å²) < 4.78 is 0. The van der Waals surface area contributed by atoms with E-state index in [0.717, 1.165) is 41.1 Å². The van der Waals surface area contributed by atoms with E-state index in [2.05, 4.69) is 55.1 Å². The van der Waals surface area contributed by atoms with Crippen molar-refractivity contribution in [3.05, 3.63) is 63.7 Å². The molecule has 0 aliphatic heterocycles. The van der Waals surface area contributed by atoms with Crippen molar-refractivity contribution in [1.82, 2.24) is 4.98 Å². The van der Waals surface area contributed by atoms with Gasteiger partial charge in [-0.25, -0.2) is 4.98 Å². The van der Waals surface area contributed by atoms with E-state index in [4.69, 9.17) is 0 Å². The summed E-state index contributed by atoms with van der Waals surface area (Å²) >= 11 is 1.69. The quantitative estimate of drug-likeness (QED) is 0.401. The molecule has 3 N–H and O–H groups in total. The number of hydrogen-bond donors (Lipinski definition) is 3. The summed E-state index contributed by atoms with van der Waals surface area (Å²) in [7, 11) is 0. The second-order valence-electron chi connectivity index (χ2n) is 12.3. The number of allylic oxidation sites excluding steroid dienone is 4. The Hall–Kier alpha value is -1.53. The largest absolute Gasteiger partial charge is 0.393 e. The first kappa shape index (κ1) is 26.1. The zero-order valence-corrected chi connectivity index (χ0v) is 22.9. The lowest BCUT2D eigenvalue weighted by molar-refractivity contribution is 0.0862. The molecule has 5 heteroatoms. The third-order valence-electron chi connectivity index (χ3n) is 9.93. The molecule has 4 fully saturated rings. The topological polar surface area (TPSA) is 73.6 Å². The van der Waals surface area contributed by atoms with Gasteiger partial charge in [0, 0.05) is 17.5 Å². The maximum Gasteiger partial charge on any atom is 0.102 e. The highest BCUT2D eigenvalue weighted by atomic mass is 32.1. The van der Waals surface area contributed by atoms with Gasteiger partial charge in [0.25, 0.3) is 0 Å². The molecule has 0 unspecified atom stereocenters. The average Bonchev–Trinajstić information content (AvgIpc) is 3.41. The number of rotatable bonds is 6. The van der Waals surface area contributed by atoms with Crippen LogP contribution in [0.15, 0.2) is 53.0 Å². The Morgan fingerprint density at radius 1 is 1.17 bits per heavy atom. The van der Waals surface area contributed by atoms with Crippen LogP contribution in [0.3, 0.4) is 0 Å². The van der Waals surface area contributed by atoms with Crippen LogP contribution in [0.2, 0.25) is 0 Å². The highest BCUT2D eigenvalue weighted by Gasteiger charge is 2.53. The van der Waals surface area contributed by atoms with E-state index < -0.39 is 18.3 Å². The molecule has 0 spiro atoms. The highest BCUT2D eigenvalue weighted by Crippen LogP contribution is 2.60. The van der Waals surface area contributed by atoms with Gasteiger partial charge in [0.05, 0.1) is 23.7 Å². The van der Waals surface area contributed by atoms with Gasteiger partial charge in [0.15, 0.2) is 0 Å². The van der Waals surface area contributed by atoms with Crippen molar-refractivity contribution in [3.8, 4) is 0 Å². The number of aromatic nitrogens is 1. The first-order chi connectivity index (χ1) is 17.1. The Balaban J connectivity index is 1.29. The predicted molar refractivity (Wildman–Crippen MR) is 147 cm³/mol. The van der Waals surface area contributed by atoms with Crippen molar-refractivity contribution in [2.45, 2.75) is 102 Å². The van der Waals surface area contributed by atoms with E-state index in [1.54, 1.807) is 11.3 Å². The summed E-state index contributed by atoms with van der Waals surface area (Å²) in [5.41, 5.74) is 4.43. The highest BCUT2D eigenvalue weighted by molar-refractivity contribution is 7.09. The van der Waals surface area contributed by atoms with E-state index in [9.17, 15) is 15.3 Å². The van der Waals surface area contributed by atoms with Crippen LogP contribution in [0.5, 0.6) is 0 Å². The summed E-state index contributed by atoms with van der Waals surface area (Å²) in [6, 6.07) is 0. The monoisotopic (exact) mass is 509 g/mol. The average molecular weight is 510 g/mol. The van der Waals surface area contributed by atoms with Gasteiger partial charge >= 0.3 is 0 Å². The van der Waals surface area contributed by atoms with E-state index in [0.29, 0.717) is 30.6 Å². The molecule has 1 aromatic heterocycles. The third-order valence-corrected chi connectivity index (χ3v) is 11.1. The van der Waals surface area contributed by atoms with Crippen LogP contribution in [-0.2, 0) is 5.41 Å². The minimum absolute atomic E-state index is 0.157. The fraction of sp³-hybridized carbons (Fsp3) is 0.645. The van der Waals surface area contributed by atoms with Crippen LogP contribution < -0.4 is 0 Å². The zero-order chi connectivity index (χ0) is 25.7. The minimum Gasteiger partial charge on any atom is -0.393 e. The molecule has 1 aromatic rings. The molecule has 7 atom stereocenters. The van der Waals surface area contributed by atoms with Crippen molar-refractivity contribution in [2.75, 3.05) is 0 Å². The molecule has 5 rings (SSSR count). The van der Waals surface area contributed by atoms with Gasteiger partial charge < -0.3 is 15.3 Å². The minimum atomic E-state index is -0.636. The molecule has 0 saturated heterocycles. The summed E-state index contributed by atoms with van der Waals surface area (Å²) in [5.74, 6) is 1.60. The summed E-state index contributed by atoms with van der Waals surface area (Å²) in [6.07, 6.45) is 16.2. The van der Waals surface area contributed by atoms with E-state index >= 15 is 0 Å². The van der Waals surface area contributed by atoms with Crippen LogP contribution >= 0.6 is 11.3 Å². The molecular formula is C31H43NO3S. The molecule has 0 radical (unpaired) electrons. The van der Waals surface area contributed by atoms with Crippen LogP contribution in [0.25, 0.3) is 0 Å². The molecule has 1 heterocycles. The van der Waals surface area contributed by atoms with E-state index in [-0.39, 0.29) is 10.8 Å². The molecule has 4 nitrogen and oxygen atoms in total. The van der Waals surface area contributed by atoms with Gasteiger partial charge in [-0.05, 0) is 92.6 Å². The number of aliphatic hydroxyl groups excluding tert-OH is 3.